The maximum absolute atomic E-state index is 13.0. The molecule has 2 aliphatic rings. The Balaban J connectivity index is 0.000000454. The van der Waals surface area contributed by atoms with E-state index in [4.69, 9.17) is 15.1 Å². The van der Waals surface area contributed by atoms with E-state index in [0.29, 0.717) is 36.3 Å². The molecule has 4 N–H and O–H groups in total. The minimum Gasteiger partial charge on any atom is -0.475 e. The Morgan fingerprint density at radius 1 is 1.17 bits per heavy atom. The summed E-state index contributed by atoms with van der Waals surface area (Å²) in [5, 5.41) is 19.4. The van der Waals surface area contributed by atoms with Crippen molar-refractivity contribution >= 4 is 29.1 Å². The van der Waals surface area contributed by atoms with Crippen LogP contribution in [-0.2, 0) is 22.6 Å². The number of halogens is 4. The molecule has 2 heterocycles. The van der Waals surface area contributed by atoms with Gasteiger partial charge in [0.05, 0.1) is 4.88 Å². The summed E-state index contributed by atoms with van der Waals surface area (Å²) in [7, 11) is 0. The molecule has 13 heteroatoms. The van der Waals surface area contributed by atoms with E-state index in [-0.39, 0.29) is 11.7 Å². The first-order valence-corrected chi connectivity index (χ1v) is 11.9. The van der Waals surface area contributed by atoms with Crippen molar-refractivity contribution in [3.8, 4) is 0 Å². The number of hydrogen-bond acceptors (Lipinski definition) is 6. The second-order valence-electron chi connectivity index (χ2n) is 8.43. The fourth-order valence-electron chi connectivity index (χ4n) is 3.90. The molecule has 1 aromatic heterocycles. The third-order valence-electron chi connectivity index (χ3n) is 5.85. The van der Waals surface area contributed by atoms with Crippen LogP contribution in [0.15, 0.2) is 30.3 Å². The second kappa shape index (κ2) is 11.8. The van der Waals surface area contributed by atoms with E-state index in [2.05, 4.69) is 5.32 Å². The van der Waals surface area contributed by atoms with Gasteiger partial charge in [0.25, 0.3) is 5.91 Å². The SMILES string of the molecule is O=C(NO)c1cc2c(s1)CCN(C(=O)CCCNC1CC1c1ccc(F)cc1)C2.O=C(O)C(F)(F)F. The second-order valence-corrected chi connectivity index (χ2v) is 9.56. The summed E-state index contributed by atoms with van der Waals surface area (Å²) in [4.78, 5) is 36.4. The summed E-state index contributed by atoms with van der Waals surface area (Å²) in [5.41, 5.74) is 3.81. The van der Waals surface area contributed by atoms with Gasteiger partial charge in [0.15, 0.2) is 0 Å². The van der Waals surface area contributed by atoms with Gasteiger partial charge in [-0.05, 0) is 55.1 Å². The normalized spacial score (nSPS) is 18.5. The van der Waals surface area contributed by atoms with Crippen LogP contribution < -0.4 is 10.8 Å². The highest BCUT2D eigenvalue weighted by Crippen LogP contribution is 2.40. The summed E-state index contributed by atoms with van der Waals surface area (Å²) in [6.45, 7) is 1.97. The number of carbonyl (C=O) groups excluding carboxylic acids is 2. The number of benzene rings is 1. The van der Waals surface area contributed by atoms with Crippen LogP contribution in [0.4, 0.5) is 17.6 Å². The lowest BCUT2D eigenvalue weighted by molar-refractivity contribution is -0.192. The zero-order valence-corrected chi connectivity index (χ0v) is 19.8. The lowest BCUT2D eigenvalue weighted by Crippen LogP contribution is -2.35. The van der Waals surface area contributed by atoms with E-state index in [1.54, 1.807) is 11.5 Å². The Labute approximate surface area is 207 Å². The van der Waals surface area contributed by atoms with Crippen molar-refractivity contribution < 1.29 is 42.3 Å². The number of hydroxylamine groups is 1. The van der Waals surface area contributed by atoms with Gasteiger partial charge >= 0.3 is 12.1 Å². The molecular weight excluding hydrogens is 506 g/mol. The molecule has 1 saturated carbocycles. The fourth-order valence-corrected chi connectivity index (χ4v) is 4.95. The van der Waals surface area contributed by atoms with E-state index in [1.807, 2.05) is 17.0 Å². The van der Waals surface area contributed by atoms with Gasteiger partial charge in [-0.3, -0.25) is 14.8 Å². The van der Waals surface area contributed by atoms with Gasteiger partial charge in [0.2, 0.25) is 5.91 Å². The number of alkyl halides is 3. The number of aliphatic carboxylic acids is 1. The molecule has 0 spiro atoms. The van der Waals surface area contributed by atoms with Crippen molar-refractivity contribution in [1.29, 1.82) is 0 Å². The van der Waals surface area contributed by atoms with Gasteiger partial charge in [-0.25, -0.2) is 14.7 Å². The van der Waals surface area contributed by atoms with Gasteiger partial charge < -0.3 is 15.3 Å². The summed E-state index contributed by atoms with van der Waals surface area (Å²) < 4.78 is 44.7. The molecule has 2 amide bonds. The minimum atomic E-state index is -5.08. The third kappa shape index (κ3) is 7.48. The quantitative estimate of drug-likeness (QED) is 0.188. The fraction of sp³-hybridized carbons (Fsp3) is 0.435. The molecule has 2 unspecified atom stereocenters. The smallest absolute Gasteiger partial charge is 0.475 e. The average molecular weight is 532 g/mol. The number of amides is 2. The number of fused-ring (bicyclic) bond motifs is 1. The molecule has 1 aliphatic carbocycles. The molecular formula is C23H25F4N3O5S. The van der Waals surface area contributed by atoms with Crippen LogP contribution in [0.2, 0.25) is 0 Å². The van der Waals surface area contributed by atoms with Crippen molar-refractivity contribution in [2.24, 2.45) is 0 Å². The Kier molecular flexibility index (Phi) is 9.03. The predicted octanol–water partition coefficient (Wildman–Crippen LogP) is 3.45. The van der Waals surface area contributed by atoms with Crippen molar-refractivity contribution in [2.45, 2.75) is 50.4 Å². The van der Waals surface area contributed by atoms with E-state index in [1.165, 1.54) is 23.5 Å². The number of thiophene rings is 1. The van der Waals surface area contributed by atoms with E-state index < -0.39 is 18.1 Å². The minimum absolute atomic E-state index is 0.127. The van der Waals surface area contributed by atoms with Crippen LogP contribution >= 0.6 is 11.3 Å². The molecule has 4 rings (SSSR count). The summed E-state index contributed by atoms with van der Waals surface area (Å²) >= 11 is 1.37. The molecule has 2 atom stereocenters. The Morgan fingerprint density at radius 3 is 2.44 bits per heavy atom. The molecule has 0 radical (unpaired) electrons. The van der Waals surface area contributed by atoms with Gasteiger partial charge in [-0.2, -0.15) is 13.2 Å². The van der Waals surface area contributed by atoms with Gasteiger partial charge in [0.1, 0.15) is 5.82 Å². The molecule has 196 valence electrons. The lowest BCUT2D eigenvalue weighted by atomic mass is 10.1. The Morgan fingerprint density at radius 2 is 1.83 bits per heavy atom. The lowest BCUT2D eigenvalue weighted by Gasteiger charge is -2.27. The highest BCUT2D eigenvalue weighted by molar-refractivity contribution is 7.14. The van der Waals surface area contributed by atoms with Crippen LogP contribution in [0.3, 0.4) is 0 Å². The maximum Gasteiger partial charge on any atom is 0.490 e. The first-order valence-electron chi connectivity index (χ1n) is 11.1. The standard InChI is InChI=1S/C21H24FN3O3S.C2HF3O2/c22-15-5-3-13(4-6-15)16-11-17(16)23-8-1-2-20(26)25-9-7-18-14(12-25)10-19(29-18)21(27)24-28;3-2(4,5)1(6)7/h3-6,10,16-17,23,28H,1-2,7-9,11-12H2,(H,24,27);(H,6,7). The molecule has 2 aromatic rings. The van der Waals surface area contributed by atoms with Crippen LogP contribution in [-0.4, -0.2) is 58.3 Å². The van der Waals surface area contributed by atoms with Crippen molar-refractivity contribution in [1.82, 2.24) is 15.7 Å². The van der Waals surface area contributed by atoms with Crippen LogP contribution in [0.1, 0.15) is 50.9 Å². The first-order chi connectivity index (χ1) is 17.0. The van der Waals surface area contributed by atoms with Crippen molar-refractivity contribution in [2.75, 3.05) is 13.1 Å². The molecule has 8 nitrogen and oxygen atoms in total. The van der Waals surface area contributed by atoms with Crippen molar-refractivity contribution in [3.63, 3.8) is 0 Å². The number of carbonyl (C=O) groups is 3. The van der Waals surface area contributed by atoms with E-state index in [0.717, 1.165) is 41.8 Å². The summed E-state index contributed by atoms with van der Waals surface area (Å²) in [6, 6.07) is 8.86. The Hall–Kier alpha value is -3.03. The van der Waals surface area contributed by atoms with Crippen LogP contribution in [0.5, 0.6) is 0 Å². The largest absolute Gasteiger partial charge is 0.490 e. The molecule has 0 bridgehead atoms. The number of nitrogens with one attached hydrogen (secondary N) is 2. The average Bonchev–Trinajstić information content (AvgIpc) is 3.48. The third-order valence-corrected chi connectivity index (χ3v) is 7.09. The predicted molar refractivity (Wildman–Crippen MR) is 121 cm³/mol. The van der Waals surface area contributed by atoms with Crippen molar-refractivity contribution in [3.05, 3.63) is 57.0 Å². The topological polar surface area (TPSA) is 119 Å². The number of carboxylic acids is 1. The molecule has 0 saturated heterocycles. The number of rotatable bonds is 7. The zero-order valence-electron chi connectivity index (χ0n) is 19.0. The highest BCUT2D eigenvalue weighted by atomic mass is 32.1. The number of nitrogens with zero attached hydrogens (tertiary/aromatic N) is 1. The van der Waals surface area contributed by atoms with Gasteiger partial charge in [-0.15, -0.1) is 11.3 Å². The maximum atomic E-state index is 13.0. The van der Waals surface area contributed by atoms with Crippen LogP contribution in [0, 0.1) is 5.82 Å². The Bertz CT molecular complexity index is 1090. The molecule has 1 aromatic carbocycles. The highest BCUT2D eigenvalue weighted by Gasteiger charge is 2.38. The van der Waals surface area contributed by atoms with Crippen LogP contribution in [0.25, 0.3) is 0 Å². The zero-order chi connectivity index (χ0) is 26.5. The first kappa shape index (κ1) is 27.6. The summed E-state index contributed by atoms with van der Waals surface area (Å²) in [5.74, 6) is -2.91. The van der Waals surface area contributed by atoms with Gasteiger partial charge in [0, 0.05) is 36.3 Å². The molecule has 36 heavy (non-hydrogen) atoms. The van der Waals surface area contributed by atoms with E-state index >= 15 is 0 Å². The number of hydrogen-bond donors (Lipinski definition) is 4. The number of carboxylic acid groups (broad SMARTS) is 1. The summed E-state index contributed by atoms with van der Waals surface area (Å²) in [6.07, 6.45) is -2.03. The monoisotopic (exact) mass is 531 g/mol. The van der Waals surface area contributed by atoms with Gasteiger partial charge in [-0.1, -0.05) is 12.1 Å². The van der Waals surface area contributed by atoms with E-state index in [9.17, 15) is 27.2 Å². The molecule has 1 aliphatic heterocycles. The molecule has 1 fully saturated rings.